The number of benzene rings is 1. The molecule has 3 rings (SSSR count). The third-order valence-electron chi connectivity index (χ3n) is 4.92. The van der Waals surface area contributed by atoms with Gasteiger partial charge in [0.25, 0.3) is 0 Å². The Morgan fingerprint density at radius 1 is 1.15 bits per heavy atom. The topological polar surface area (TPSA) is 45.2 Å². The van der Waals surface area contributed by atoms with Crippen LogP contribution in [0.1, 0.15) is 44.2 Å². The van der Waals surface area contributed by atoms with Gasteiger partial charge in [-0.3, -0.25) is 4.79 Å². The van der Waals surface area contributed by atoms with Crippen LogP contribution in [0.5, 0.6) is 0 Å². The molecular formula is C21H28ClN3OS. The van der Waals surface area contributed by atoms with E-state index in [0.717, 1.165) is 29.2 Å². The van der Waals surface area contributed by atoms with Crippen LogP contribution in [-0.2, 0) is 11.2 Å². The first-order valence-corrected chi connectivity index (χ1v) is 11.2. The third kappa shape index (κ3) is 6.59. The molecule has 1 aliphatic rings. The van der Waals surface area contributed by atoms with Crippen molar-refractivity contribution in [1.82, 2.24) is 15.2 Å². The van der Waals surface area contributed by atoms with Gasteiger partial charge in [-0.1, -0.05) is 42.6 Å². The van der Waals surface area contributed by atoms with Gasteiger partial charge in [0, 0.05) is 17.5 Å². The molecule has 4 nitrogen and oxygen atoms in total. The Balaban J connectivity index is 1.32. The van der Waals surface area contributed by atoms with E-state index in [2.05, 4.69) is 15.2 Å². The number of carbonyl (C=O) groups is 1. The molecule has 1 aromatic carbocycles. The van der Waals surface area contributed by atoms with Crippen LogP contribution in [0.15, 0.2) is 29.6 Å². The Labute approximate surface area is 170 Å². The summed E-state index contributed by atoms with van der Waals surface area (Å²) in [5.74, 6) is 0.0436. The highest BCUT2D eigenvalue weighted by Gasteiger charge is 2.11. The largest absolute Gasteiger partial charge is 0.356 e. The molecule has 2 aromatic rings. The summed E-state index contributed by atoms with van der Waals surface area (Å²) in [6.45, 7) is 4.49. The Bertz CT molecular complexity index is 728. The smallest absolute Gasteiger partial charge is 0.226 e. The van der Waals surface area contributed by atoms with Gasteiger partial charge in [-0.05, 0) is 51.4 Å². The fraction of sp³-hybridized carbons (Fsp3) is 0.524. The summed E-state index contributed by atoms with van der Waals surface area (Å²) in [4.78, 5) is 19.3. The number of thiazole rings is 1. The minimum absolute atomic E-state index is 0.0436. The lowest BCUT2D eigenvalue weighted by Gasteiger charge is -2.26. The van der Waals surface area contributed by atoms with Crippen LogP contribution < -0.4 is 5.32 Å². The number of likely N-dealkylation sites (tertiary alicyclic amines) is 1. The maximum absolute atomic E-state index is 12.1. The van der Waals surface area contributed by atoms with Crippen LogP contribution in [0, 0.1) is 0 Å². The number of nitrogens with one attached hydrogen (secondary N) is 1. The van der Waals surface area contributed by atoms with Crippen molar-refractivity contribution < 1.29 is 4.79 Å². The molecule has 0 atom stereocenters. The number of aromatic nitrogens is 1. The molecule has 1 amide bonds. The summed E-state index contributed by atoms with van der Waals surface area (Å²) >= 11 is 7.74. The maximum atomic E-state index is 12.1. The van der Waals surface area contributed by atoms with E-state index in [-0.39, 0.29) is 5.91 Å². The zero-order valence-corrected chi connectivity index (χ0v) is 17.3. The third-order valence-corrected chi connectivity index (χ3v) is 6.17. The molecule has 27 heavy (non-hydrogen) atoms. The summed E-state index contributed by atoms with van der Waals surface area (Å²) in [6.07, 6.45) is 7.86. The predicted molar refractivity (Wildman–Crippen MR) is 113 cm³/mol. The highest BCUT2D eigenvalue weighted by Crippen LogP contribution is 2.30. The summed E-state index contributed by atoms with van der Waals surface area (Å²) in [5.41, 5.74) is 1.72. The molecule has 0 saturated carbocycles. The first-order chi connectivity index (χ1) is 13.2. The number of unbranched alkanes of at least 4 members (excludes halogenated alkanes) is 2. The van der Waals surface area contributed by atoms with Crippen LogP contribution >= 0.6 is 22.9 Å². The molecule has 1 fully saturated rings. The van der Waals surface area contributed by atoms with Crippen molar-refractivity contribution in [3.63, 3.8) is 0 Å². The molecule has 1 saturated heterocycles. The van der Waals surface area contributed by atoms with E-state index in [9.17, 15) is 4.79 Å². The second-order valence-corrected chi connectivity index (χ2v) is 8.38. The molecule has 6 heteroatoms. The van der Waals surface area contributed by atoms with Crippen molar-refractivity contribution in [2.24, 2.45) is 0 Å². The summed E-state index contributed by atoms with van der Waals surface area (Å²) in [5, 5.41) is 6.51. The summed E-state index contributed by atoms with van der Waals surface area (Å²) in [6, 6.07) is 7.66. The normalized spacial score (nSPS) is 15.0. The van der Waals surface area contributed by atoms with Gasteiger partial charge >= 0.3 is 0 Å². The highest BCUT2D eigenvalue weighted by atomic mass is 35.5. The van der Waals surface area contributed by atoms with E-state index in [1.807, 2.05) is 29.6 Å². The van der Waals surface area contributed by atoms with Crippen molar-refractivity contribution in [3.8, 4) is 10.6 Å². The van der Waals surface area contributed by atoms with Gasteiger partial charge in [0.15, 0.2) is 0 Å². The van der Waals surface area contributed by atoms with Crippen LogP contribution in [0.2, 0.25) is 5.02 Å². The van der Waals surface area contributed by atoms with Gasteiger partial charge in [-0.25, -0.2) is 4.98 Å². The van der Waals surface area contributed by atoms with E-state index in [4.69, 9.17) is 11.6 Å². The second-order valence-electron chi connectivity index (χ2n) is 7.11. The van der Waals surface area contributed by atoms with E-state index < -0.39 is 0 Å². The second kappa shape index (κ2) is 10.8. The molecule has 0 radical (unpaired) electrons. The molecular weight excluding hydrogens is 378 g/mol. The lowest BCUT2D eigenvalue weighted by molar-refractivity contribution is -0.120. The molecule has 0 spiro atoms. The zero-order valence-electron chi connectivity index (χ0n) is 15.8. The SMILES string of the molecule is O=C(Cc1csc(-c2ccccc2Cl)n1)NCCCCCN1CCCCC1. The molecule has 2 heterocycles. The zero-order chi connectivity index (χ0) is 18.9. The van der Waals surface area contributed by atoms with Gasteiger partial charge in [0.1, 0.15) is 5.01 Å². The number of halogens is 1. The number of hydrogen-bond acceptors (Lipinski definition) is 4. The van der Waals surface area contributed by atoms with E-state index >= 15 is 0 Å². The van der Waals surface area contributed by atoms with Crippen LogP contribution in [-0.4, -0.2) is 42.0 Å². The first-order valence-electron chi connectivity index (χ1n) is 9.91. The van der Waals surface area contributed by atoms with Crippen LogP contribution in [0.3, 0.4) is 0 Å². The lowest BCUT2D eigenvalue weighted by Crippen LogP contribution is -2.30. The lowest BCUT2D eigenvalue weighted by atomic mass is 10.1. The molecule has 146 valence electrons. The number of amides is 1. The number of carbonyl (C=O) groups excluding carboxylic acids is 1. The maximum Gasteiger partial charge on any atom is 0.226 e. The standard InChI is InChI=1S/C21H28ClN3OS/c22-19-10-4-3-9-18(19)21-24-17(16-27-21)15-20(26)23-11-5-1-6-12-25-13-7-2-8-14-25/h3-4,9-10,16H,1-2,5-8,11-15H2,(H,23,26). The summed E-state index contributed by atoms with van der Waals surface area (Å²) in [7, 11) is 0. The van der Waals surface area contributed by atoms with E-state index in [1.54, 1.807) is 0 Å². The fourth-order valence-corrected chi connectivity index (χ4v) is 4.56. The van der Waals surface area contributed by atoms with Crippen molar-refractivity contribution in [2.75, 3.05) is 26.2 Å². The minimum atomic E-state index is 0.0436. The average molecular weight is 406 g/mol. The van der Waals surface area contributed by atoms with Gasteiger partial charge in [-0.2, -0.15) is 0 Å². The van der Waals surface area contributed by atoms with E-state index in [0.29, 0.717) is 11.4 Å². The molecule has 1 aromatic heterocycles. The van der Waals surface area contributed by atoms with Gasteiger partial charge < -0.3 is 10.2 Å². The van der Waals surface area contributed by atoms with Crippen molar-refractivity contribution in [1.29, 1.82) is 0 Å². The average Bonchev–Trinajstić information content (AvgIpc) is 3.14. The van der Waals surface area contributed by atoms with Gasteiger partial charge in [0.05, 0.1) is 17.1 Å². The van der Waals surface area contributed by atoms with Crippen LogP contribution in [0.4, 0.5) is 0 Å². The molecule has 0 aliphatic carbocycles. The van der Waals surface area contributed by atoms with E-state index in [1.165, 1.54) is 63.1 Å². The molecule has 1 aliphatic heterocycles. The first kappa shape index (κ1) is 20.3. The number of rotatable bonds is 9. The minimum Gasteiger partial charge on any atom is -0.356 e. The highest BCUT2D eigenvalue weighted by molar-refractivity contribution is 7.13. The fourth-order valence-electron chi connectivity index (χ4n) is 3.42. The van der Waals surface area contributed by atoms with Crippen molar-refractivity contribution in [3.05, 3.63) is 40.4 Å². The molecule has 0 bridgehead atoms. The van der Waals surface area contributed by atoms with Crippen molar-refractivity contribution >= 4 is 28.8 Å². The van der Waals surface area contributed by atoms with Gasteiger partial charge in [0.2, 0.25) is 5.91 Å². The Kier molecular flexibility index (Phi) is 8.11. The quantitative estimate of drug-likeness (QED) is 0.610. The molecule has 1 N–H and O–H groups in total. The monoisotopic (exact) mass is 405 g/mol. The number of nitrogens with zero attached hydrogens (tertiary/aromatic N) is 2. The Morgan fingerprint density at radius 2 is 1.96 bits per heavy atom. The van der Waals surface area contributed by atoms with Crippen molar-refractivity contribution in [2.45, 2.75) is 44.9 Å². The Hall–Kier alpha value is -1.43. The Morgan fingerprint density at radius 3 is 2.78 bits per heavy atom. The molecule has 0 unspecified atom stereocenters. The number of hydrogen-bond donors (Lipinski definition) is 1. The predicted octanol–water partition coefficient (Wildman–Crippen LogP) is 4.78. The summed E-state index contributed by atoms with van der Waals surface area (Å²) < 4.78 is 0. The van der Waals surface area contributed by atoms with Crippen LogP contribution in [0.25, 0.3) is 10.6 Å². The van der Waals surface area contributed by atoms with Gasteiger partial charge in [-0.15, -0.1) is 11.3 Å². The number of piperidine rings is 1.